The van der Waals surface area contributed by atoms with Crippen LogP contribution in [0.25, 0.3) is 0 Å². The Hall–Kier alpha value is -1.32. The minimum absolute atomic E-state index is 0.0710. The summed E-state index contributed by atoms with van der Waals surface area (Å²) in [5, 5.41) is 2.85. The van der Waals surface area contributed by atoms with Gasteiger partial charge < -0.3 is 9.73 Å². The highest BCUT2D eigenvalue weighted by molar-refractivity contribution is 5.76. The molecule has 14 heavy (non-hydrogen) atoms. The number of carbonyl (C=O) groups is 1. The molecule has 0 spiro atoms. The van der Waals surface area contributed by atoms with E-state index in [0.29, 0.717) is 18.8 Å². The van der Waals surface area contributed by atoms with Crippen molar-refractivity contribution in [1.29, 1.82) is 0 Å². The second kappa shape index (κ2) is 5.42. The summed E-state index contributed by atoms with van der Waals surface area (Å²) >= 11 is 0. The first-order valence-corrected chi connectivity index (χ1v) is 4.82. The minimum Gasteiger partial charge on any atom is -0.451 e. The Morgan fingerprint density at radius 2 is 2.43 bits per heavy atom. The minimum atomic E-state index is 0.0710. The molecule has 0 saturated carbocycles. The van der Waals surface area contributed by atoms with E-state index in [4.69, 9.17) is 4.42 Å². The SMILES string of the molecule is CC(C)CNC(=O)CCc1cocn1. The Bertz CT molecular complexity index is 268. The van der Waals surface area contributed by atoms with E-state index in [1.165, 1.54) is 6.39 Å². The largest absolute Gasteiger partial charge is 0.451 e. The maximum Gasteiger partial charge on any atom is 0.220 e. The molecule has 0 atom stereocenters. The van der Waals surface area contributed by atoms with Crippen molar-refractivity contribution in [3.63, 3.8) is 0 Å². The van der Waals surface area contributed by atoms with Gasteiger partial charge in [0.25, 0.3) is 0 Å². The number of carbonyl (C=O) groups excluding carboxylic acids is 1. The molecule has 1 N–H and O–H groups in total. The van der Waals surface area contributed by atoms with Crippen LogP contribution < -0.4 is 5.32 Å². The standard InChI is InChI=1S/C10H16N2O2/c1-8(2)5-11-10(13)4-3-9-6-14-7-12-9/h6-8H,3-5H2,1-2H3,(H,11,13). The molecular formula is C10H16N2O2. The molecule has 0 saturated heterocycles. The van der Waals surface area contributed by atoms with E-state index in [1.807, 2.05) is 0 Å². The summed E-state index contributed by atoms with van der Waals surface area (Å²) < 4.78 is 4.80. The highest BCUT2D eigenvalue weighted by Gasteiger charge is 2.04. The zero-order valence-electron chi connectivity index (χ0n) is 8.62. The quantitative estimate of drug-likeness (QED) is 0.774. The average Bonchev–Trinajstić information content (AvgIpc) is 2.63. The van der Waals surface area contributed by atoms with E-state index in [0.717, 1.165) is 12.2 Å². The van der Waals surface area contributed by atoms with Gasteiger partial charge in [-0.2, -0.15) is 0 Å². The van der Waals surface area contributed by atoms with Gasteiger partial charge in [-0.25, -0.2) is 4.98 Å². The lowest BCUT2D eigenvalue weighted by molar-refractivity contribution is -0.121. The van der Waals surface area contributed by atoms with E-state index < -0.39 is 0 Å². The predicted molar refractivity (Wildman–Crippen MR) is 52.7 cm³/mol. The summed E-state index contributed by atoms with van der Waals surface area (Å²) in [7, 11) is 0. The molecule has 0 aliphatic carbocycles. The second-order valence-electron chi connectivity index (χ2n) is 3.68. The highest BCUT2D eigenvalue weighted by atomic mass is 16.3. The van der Waals surface area contributed by atoms with Crippen LogP contribution in [0.2, 0.25) is 0 Å². The summed E-state index contributed by atoms with van der Waals surface area (Å²) in [4.78, 5) is 15.2. The van der Waals surface area contributed by atoms with E-state index in [2.05, 4.69) is 24.1 Å². The zero-order chi connectivity index (χ0) is 10.4. The van der Waals surface area contributed by atoms with Crippen LogP contribution in [-0.2, 0) is 11.2 Å². The molecule has 0 fully saturated rings. The van der Waals surface area contributed by atoms with Gasteiger partial charge in [-0.05, 0) is 5.92 Å². The maximum atomic E-state index is 11.3. The highest BCUT2D eigenvalue weighted by Crippen LogP contribution is 1.99. The van der Waals surface area contributed by atoms with Crippen LogP contribution in [0, 0.1) is 5.92 Å². The fourth-order valence-electron chi connectivity index (χ4n) is 1.01. The number of oxazole rings is 1. The van der Waals surface area contributed by atoms with Gasteiger partial charge in [-0.15, -0.1) is 0 Å². The Kier molecular flexibility index (Phi) is 4.16. The van der Waals surface area contributed by atoms with Gasteiger partial charge in [0.1, 0.15) is 6.26 Å². The molecule has 0 aliphatic heterocycles. The van der Waals surface area contributed by atoms with Gasteiger partial charge in [-0.3, -0.25) is 4.79 Å². The van der Waals surface area contributed by atoms with Gasteiger partial charge in [0.15, 0.2) is 6.39 Å². The summed E-state index contributed by atoms with van der Waals surface area (Å²) in [6, 6.07) is 0. The van der Waals surface area contributed by atoms with Crippen molar-refractivity contribution < 1.29 is 9.21 Å². The van der Waals surface area contributed by atoms with E-state index >= 15 is 0 Å². The third kappa shape index (κ3) is 4.07. The molecule has 1 rings (SSSR count). The molecule has 1 amide bonds. The summed E-state index contributed by atoms with van der Waals surface area (Å²) in [5.74, 6) is 0.563. The smallest absolute Gasteiger partial charge is 0.220 e. The van der Waals surface area contributed by atoms with E-state index in [9.17, 15) is 4.79 Å². The van der Waals surface area contributed by atoms with Crippen LogP contribution in [0.15, 0.2) is 17.1 Å². The molecule has 4 heteroatoms. The van der Waals surface area contributed by atoms with Crippen molar-refractivity contribution in [3.05, 3.63) is 18.4 Å². The molecule has 78 valence electrons. The Morgan fingerprint density at radius 1 is 1.64 bits per heavy atom. The predicted octanol–water partition coefficient (Wildman–Crippen LogP) is 1.38. The Balaban J connectivity index is 2.15. The molecule has 1 aromatic heterocycles. The number of rotatable bonds is 5. The van der Waals surface area contributed by atoms with Crippen LogP contribution >= 0.6 is 0 Å². The summed E-state index contributed by atoms with van der Waals surface area (Å²) in [6.07, 6.45) is 4.05. The van der Waals surface area contributed by atoms with Gasteiger partial charge in [-0.1, -0.05) is 13.8 Å². The second-order valence-corrected chi connectivity index (χ2v) is 3.68. The van der Waals surface area contributed by atoms with Crippen molar-refractivity contribution >= 4 is 5.91 Å². The molecule has 1 heterocycles. The first kappa shape index (κ1) is 10.8. The molecule has 4 nitrogen and oxygen atoms in total. The summed E-state index contributed by atoms with van der Waals surface area (Å²) in [6.45, 7) is 4.87. The summed E-state index contributed by atoms with van der Waals surface area (Å²) in [5.41, 5.74) is 0.824. The van der Waals surface area contributed by atoms with E-state index in [1.54, 1.807) is 6.26 Å². The number of hydrogen-bond acceptors (Lipinski definition) is 3. The molecule has 0 aromatic carbocycles. The number of aromatic nitrogens is 1. The average molecular weight is 196 g/mol. The van der Waals surface area contributed by atoms with Gasteiger partial charge in [0.05, 0.1) is 5.69 Å². The topological polar surface area (TPSA) is 55.1 Å². The normalized spacial score (nSPS) is 10.5. The fraction of sp³-hybridized carbons (Fsp3) is 0.600. The van der Waals surface area contributed by atoms with Crippen LogP contribution in [0.3, 0.4) is 0 Å². The molecule has 0 bridgehead atoms. The van der Waals surface area contributed by atoms with Crippen molar-refractivity contribution in [2.24, 2.45) is 5.92 Å². The lowest BCUT2D eigenvalue weighted by atomic mass is 10.2. The number of aryl methyl sites for hydroxylation is 1. The number of nitrogens with zero attached hydrogens (tertiary/aromatic N) is 1. The van der Waals surface area contributed by atoms with Gasteiger partial charge in [0, 0.05) is 19.4 Å². The van der Waals surface area contributed by atoms with Crippen LogP contribution in [0.4, 0.5) is 0 Å². The van der Waals surface area contributed by atoms with Crippen molar-refractivity contribution in [1.82, 2.24) is 10.3 Å². The third-order valence-corrected chi connectivity index (χ3v) is 1.80. The number of nitrogens with one attached hydrogen (secondary N) is 1. The lowest BCUT2D eigenvalue weighted by Crippen LogP contribution is -2.27. The monoisotopic (exact) mass is 196 g/mol. The van der Waals surface area contributed by atoms with Gasteiger partial charge in [0.2, 0.25) is 5.91 Å². The fourth-order valence-corrected chi connectivity index (χ4v) is 1.01. The molecule has 0 unspecified atom stereocenters. The first-order chi connectivity index (χ1) is 6.68. The number of hydrogen-bond donors (Lipinski definition) is 1. The van der Waals surface area contributed by atoms with Crippen molar-refractivity contribution in [3.8, 4) is 0 Å². The van der Waals surface area contributed by atoms with Crippen molar-refractivity contribution in [2.45, 2.75) is 26.7 Å². The molecule has 0 radical (unpaired) electrons. The number of amides is 1. The maximum absolute atomic E-state index is 11.3. The zero-order valence-corrected chi connectivity index (χ0v) is 8.62. The Labute approximate surface area is 83.7 Å². The first-order valence-electron chi connectivity index (χ1n) is 4.82. The van der Waals surface area contributed by atoms with Crippen LogP contribution in [0.5, 0.6) is 0 Å². The van der Waals surface area contributed by atoms with Gasteiger partial charge >= 0.3 is 0 Å². The van der Waals surface area contributed by atoms with E-state index in [-0.39, 0.29) is 5.91 Å². The Morgan fingerprint density at radius 3 is 3.00 bits per heavy atom. The lowest BCUT2D eigenvalue weighted by Gasteiger charge is -2.06. The molecule has 1 aromatic rings. The van der Waals surface area contributed by atoms with Crippen LogP contribution in [0.1, 0.15) is 26.0 Å². The van der Waals surface area contributed by atoms with Crippen LogP contribution in [-0.4, -0.2) is 17.4 Å². The third-order valence-electron chi connectivity index (χ3n) is 1.80. The van der Waals surface area contributed by atoms with Crippen molar-refractivity contribution in [2.75, 3.05) is 6.54 Å². The molecular weight excluding hydrogens is 180 g/mol. The molecule has 0 aliphatic rings.